The van der Waals surface area contributed by atoms with E-state index in [4.69, 9.17) is 0 Å². The lowest BCUT2D eigenvalue weighted by Crippen LogP contribution is -2.39. The minimum atomic E-state index is 0.0156. The van der Waals surface area contributed by atoms with Crippen molar-refractivity contribution in [3.05, 3.63) is 50.9 Å². The molecule has 0 bridgehead atoms. The Kier molecular flexibility index (Phi) is 6.41. The Balaban J connectivity index is 1.93. The van der Waals surface area contributed by atoms with E-state index in [2.05, 4.69) is 34.7 Å². The lowest BCUT2D eigenvalue weighted by Gasteiger charge is -2.35. The predicted octanol–water partition coefficient (Wildman–Crippen LogP) is 4.73. The summed E-state index contributed by atoms with van der Waals surface area (Å²) < 4.78 is 4.46. The SMILES string of the molecule is CC(C)CN(Cc1c(Br)c(=O)n(-c2ccccc2)n1C)C1CCCCC1. The summed E-state index contributed by atoms with van der Waals surface area (Å²) in [5, 5.41) is 0. The third kappa shape index (κ3) is 4.15. The highest BCUT2D eigenvalue weighted by Crippen LogP contribution is 2.26. The molecule has 0 amide bonds. The van der Waals surface area contributed by atoms with Crippen molar-refractivity contribution in [2.24, 2.45) is 13.0 Å². The molecule has 142 valence electrons. The van der Waals surface area contributed by atoms with Gasteiger partial charge in [-0.15, -0.1) is 0 Å². The zero-order chi connectivity index (χ0) is 18.7. The van der Waals surface area contributed by atoms with Gasteiger partial charge in [-0.3, -0.25) is 14.4 Å². The van der Waals surface area contributed by atoms with Gasteiger partial charge in [0.05, 0.1) is 11.4 Å². The van der Waals surface area contributed by atoms with E-state index in [1.807, 2.05) is 42.1 Å². The van der Waals surface area contributed by atoms with Gasteiger partial charge in [0.15, 0.2) is 0 Å². The number of hydrogen-bond acceptors (Lipinski definition) is 2. The van der Waals surface area contributed by atoms with Gasteiger partial charge < -0.3 is 0 Å². The molecule has 5 heteroatoms. The summed E-state index contributed by atoms with van der Waals surface area (Å²) in [5.41, 5.74) is 1.98. The van der Waals surface area contributed by atoms with Gasteiger partial charge in [-0.1, -0.05) is 51.3 Å². The van der Waals surface area contributed by atoms with Crippen LogP contribution in [0.3, 0.4) is 0 Å². The Bertz CT molecular complexity index is 773. The summed E-state index contributed by atoms with van der Waals surface area (Å²) in [6.45, 7) is 6.44. The predicted molar refractivity (Wildman–Crippen MR) is 111 cm³/mol. The van der Waals surface area contributed by atoms with Crippen molar-refractivity contribution in [2.75, 3.05) is 6.54 Å². The monoisotopic (exact) mass is 419 g/mol. The zero-order valence-corrected chi connectivity index (χ0v) is 17.7. The molecule has 3 rings (SSSR count). The highest BCUT2D eigenvalue weighted by atomic mass is 79.9. The van der Waals surface area contributed by atoms with Crippen molar-refractivity contribution in [3.63, 3.8) is 0 Å². The van der Waals surface area contributed by atoms with E-state index in [9.17, 15) is 4.79 Å². The highest BCUT2D eigenvalue weighted by Gasteiger charge is 2.25. The maximum absolute atomic E-state index is 12.9. The second-order valence-electron chi connectivity index (χ2n) is 7.85. The molecule has 0 N–H and O–H groups in total. The fraction of sp³-hybridized carbons (Fsp3) is 0.571. The van der Waals surface area contributed by atoms with Gasteiger partial charge in [0, 0.05) is 26.2 Å². The molecule has 0 aliphatic heterocycles. The highest BCUT2D eigenvalue weighted by molar-refractivity contribution is 9.10. The van der Waals surface area contributed by atoms with Crippen LogP contribution in [0.5, 0.6) is 0 Å². The lowest BCUT2D eigenvalue weighted by atomic mass is 9.93. The molecule has 1 aliphatic carbocycles. The van der Waals surface area contributed by atoms with Crippen LogP contribution < -0.4 is 5.56 Å². The van der Waals surface area contributed by atoms with Crippen LogP contribution in [0.25, 0.3) is 5.69 Å². The standard InChI is InChI=1S/C21H30BrN3O/c1-16(2)14-24(17-10-6-4-7-11-17)15-19-20(22)21(26)25(23(19)3)18-12-8-5-9-13-18/h5,8-9,12-13,16-17H,4,6-7,10-11,14-15H2,1-3H3. The van der Waals surface area contributed by atoms with Crippen molar-refractivity contribution < 1.29 is 0 Å². The Hall–Kier alpha value is -1.33. The van der Waals surface area contributed by atoms with Crippen LogP contribution in [0.4, 0.5) is 0 Å². The van der Waals surface area contributed by atoms with Crippen LogP contribution in [0, 0.1) is 5.92 Å². The third-order valence-corrected chi connectivity index (χ3v) is 6.17. The molecule has 1 aromatic carbocycles. The fourth-order valence-electron chi connectivity index (χ4n) is 4.10. The summed E-state index contributed by atoms with van der Waals surface area (Å²) >= 11 is 3.59. The van der Waals surface area contributed by atoms with Gasteiger partial charge in [-0.25, -0.2) is 4.68 Å². The molecule has 1 aromatic heterocycles. The molecule has 1 saturated carbocycles. The van der Waals surface area contributed by atoms with Crippen LogP contribution in [-0.2, 0) is 13.6 Å². The lowest BCUT2D eigenvalue weighted by molar-refractivity contribution is 0.128. The smallest absolute Gasteiger partial charge is 0.286 e. The average Bonchev–Trinajstić information content (AvgIpc) is 2.85. The first kappa shape index (κ1) is 19.4. The van der Waals surface area contributed by atoms with Crippen molar-refractivity contribution in [1.29, 1.82) is 0 Å². The van der Waals surface area contributed by atoms with Gasteiger partial charge in [0.25, 0.3) is 5.56 Å². The number of hydrogen-bond donors (Lipinski definition) is 0. The summed E-state index contributed by atoms with van der Waals surface area (Å²) in [7, 11) is 1.99. The molecular weight excluding hydrogens is 390 g/mol. The minimum absolute atomic E-state index is 0.0156. The van der Waals surface area contributed by atoms with E-state index in [1.165, 1.54) is 32.1 Å². The Morgan fingerprint density at radius 2 is 1.81 bits per heavy atom. The van der Waals surface area contributed by atoms with Crippen LogP contribution in [0.15, 0.2) is 39.6 Å². The Morgan fingerprint density at radius 1 is 1.15 bits per heavy atom. The molecule has 0 radical (unpaired) electrons. The summed E-state index contributed by atoms with van der Waals surface area (Å²) in [6, 6.07) is 10.5. The Morgan fingerprint density at radius 3 is 2.42 bits per heavy atom. The number of rotatable bonds is 6. The molecule has 0 atom stereocenters. The van der Waals surface area contributed by atoms with Gasteiger partial charge in [-0.2, -0.15) is 0 Å². The van der Waals surface area contributed by atoms with Gasteiger partial charge in [-0.05, 0) is 46.8 Å². The maximum atomic E-state index is 12.9. The molecule has 0 saturated heterocycles. The number of halogens is 1. The van der Waals surface area contributed by atoms with Crippen molar-refractivity contribution >= 4 is 15.9 Å². The molecule has 4 nitrogen and oxygen atoms in total. The zero-order valence-electron chi connectivity index (χ0n) is 16.1. The van der Waals surface area contributed by atoms with Crippen LogP contribution >= 0.6 is 15.9 Å². The summed E-state index contributed by atoms with van der Waals surface area (Å²) in [5.74, 6) is 0.615. The first-order valence-corrected chi connectivity index (χ1v) is 10.5. The first-order valence-electron chi connectivity index (χ1n) is 9.75. The average molecular weight is 420 g/mol. The van der Waals surface area contributed by atoms with Gasteiger partial charge in [0.1, 0.15) is 4.47 Å². The molecule has 0 unspecified atom stereocenters. The van der Waals surface area contributed by atoms with Gasteiger partial charge >= 0.3 is 0 Å². The van der Waals surface area contributed by atoms with Crippen LogP contribution in [0.2, 0.25) is 0 Å². The maximum Gasteiger partial charge on any atom is 0.286 e. The normalized spacial score (nSPS) is 15.9. The van der Waals surface area contributed by atoms with Crippen molar-refractivity contribution in [2.45, 2.75) is 58.5 Å². The molecule has 26 heavy (non-hydrogen) atoms. The van der Waals surface area contributed by atoms with E-state index in [0.717, 1.165) is 24.5 Å². The topological polar surface area (TPSA) is 30.2 Å². The molecule has 1 heterocycles. The second-order valence-corrected chi connectivity index (χ2v) is 8.64. The first-order chi connectivity index (χ1) is 12.5. The number of nitrogens with zero attached hydrogens (tertiary/aromatic N) is 3. The number of aromatic nitrogens is 2. The molecule has 1 fully saturated rings. The molecule has 1 aliphatic rings. The molecular formula is C21H30BrN3O. The molecule has 0 spiro atoms. The fourth-order valence-corrected chi connectivity index (χ4v) is 4.65. The minimum Gasteiger partial charge on any atom is -0.294 e. The van der Waals surface area contributed by atoms with Crippen LogP contribution in [0.1, 0.15) is 51.6 Å². The van der Waals surface area contributed by atoms with Crippen molar-refractivity contribution in [3.8, 4) is 5.69 Å². The van der Waals surface area contributed by atoms with E-state index < -0.39 is 0 Å². The van der Waals surface area contributed by atoms with Gasteiger partial charge in [0.2, 0.25) is 0 Å². The third-order valence-electron chi connectivity index (χ3n) is 5.37. The van der Waals surface area contributed by atoms with E-state index in [-0.39, 0.29) is 5.56 Å². The number of para-hydroxylation sites is 1. The number of benzene rings is 1. The van der Waals surface area contributed by atoms with E-state index >= 15 is 0 Å². The summed E-state index contributed by atoms with van der Waals surface area (Å²) in [4.78, 5) is 15.5. The Labute approximate surface area is 164 Å². The molecule has 2 aromatic rings. The summed E-state index contributed by atoms with van der Waals surface area (Å²) in [6.07, 6.45) is 6.56. The van der Waals surface area contributed by atoms with E-state index in [1.54, 1.807) is 4.68 Å². The van der Waals surface area contributed by atoms with Crippen LogP contribution in [-0.4, -0.2) is 26.9 Å². The van der Waals surface area contributed by atoms with Crippen molar-refractivity contribution in [1.82, 2.24) is 14.3 Å². The quantitative estimate of drug-likeness (QED) is 0.677. The largest absolute Gasteiger partial charge is 0.294 e. The van der Waals surface area contributed by atoms with E-state index in [0.29, 0.717) is 16.4 Å². The second kappa shape index (κ2) is 8.57.